The van der Waals surface area contributed by atoms with E-state index in [2.05, 4.69) is 39.8 Å². The summed E-state index contributed by atoms with van der Waals surface area (Å²) in [4.78, 5) is 29.4. The molecule has 1 aliphatic heterocycles. The average Bonchev–Trinajstić information content (AvgIpc) is 3.06. The SMILES string of the molecule is O=C(Nc1ccccc1)c1ccc(NC(=O)N2CCCN(Cc3ccccc3)CC2)cc1. The van der Waals surface area contributed by atoms with Crippen molar-refractivity contribution in [2.45, 2.75) is 13.0 Å². The second-order valence-electron chi connectivity index (χ2n) is 7.93. The molecule has 0 atom stereocenters. The van der Waals surface area contributed by atoms with Crippen molar-refractivity contribution in [1.82, 2.24) is 9.80 Å². The summed E-state index contributed by atoms with van der Waals surface area (Å²) in [5.41, 5.74) is 3.26. The lowest BCUT2D eigenvalue weighted by atomic mass is 10.2. The van der Waals surface area contributed by atoms with Crippen molar-refractivity contribution in [1.29, 1.82) is 0 Å². The lowest BCUT2D eigenvalue weighted by Crippen LogP contribution is -2.38. The van der Waals surface area contributed by atoms with Crippen LogP contribution in [0.2, 0.25) is 0 Å². The quantitative estimate of drug-likeness (QED) is 0.620. The van der Waals surface area contributed by atoms with Crippen molar-refractivity contribution in [3.63, 3.8) is 0 Å². The zero-order valence-corrected chi connectivity index (χ0v) is 18.0. The molecule has 32 heavy (non-hydrogen) atoms. The molecule has 0 aliphatic carbocycles. The van der Waals surface area contributed by atoms with Crippen LogP contribution in [0.25, 0.3) is 0 Å². The minimum absolute atomic E-state index is 0.104. The van der Waals surface area contributed by atoms with E-state index in [1.54, 1.807) is 24.3 Å². The molecule has 4 rings (SSSR count). The molecule has 3 aromatic rings. The van der Waals surface area contributed by atoms with E-state index >= 15 is 0 Å². The predicted octanol–water partition coefficient (Wildman–Crippen LogP) is 4.68. The van der Waals surface area contributed by atoms with Crippen molar-refractivity contribution in [2.24, 2.45) is 0 Å². The Hall–Kier alpha value is -3.64. The molecule has 0 unspecified atom stereocenters. The molecule has 2 N–H and O–H groups in total. The Morgan fingerprint density at radius 3 is 2.06 bits per heavy atom. The summed E-state index contributed by atoms with van der Waals surface area (Å²) in [5, 5.41) is 5.82. The summed E-state index contributed by atoms with van der Waals surface area (Å²) in [5.74, 6) is -0.180. The van der Waals surface area contributed by atoms with Gasteiger partial charge >= 0.3 is 6.03 Å². The Bertz CT molecular complexity index is 1020. The lowest BCUT2D eigenvalue weighted by Gasteiger charge is -2.22. The van der Waals surface area contributed by atoms with Gasteiger partial charge in [-0.3, -0.25) is 9.69 Å². The van der Waals surface area contributed by atoms with E-state index in [1.807, 2.05) is 41.3 Å². The van der Waals surface area contributed by atoms with Crippen LogP contribution in [0.3, 0.4) is 0 Å². The number of nitrogens with zero attached hydrogens (tertiary/aromatic N) is 2. The standard InChI is InChI=1S/C26H28N4O2/c31-25(27-23-10-5-2-6-11-23)22-12-14-24(15-13-22)28-26(32)30-17-7-16-29(18-19-30)20-21-8-3-1-4-9-21/h1-6,8-15H,7,16-20H2,(H,27,31)(H,28,32). The molecule has 6 heteroatoms. The van der Waals surface area contributed by atoms with Crippen LogP contribution in [0.5, 0.6) is 0 Å². The summed E-state index contributed by atoms with van der Waals surface area (Å²) in [6.45, 7) is 4.15. The molecule has 6 nitrogen and oxygen atoms in total. The van der Waals surface area contributed by atoms with Gasteiger partial charge in [0.15, 0.2) is 0 Å². The molecule has 3 aromatic carbocycles. The average molecular weight is 429 g/mol. The predicted molar refractivity (Wildman–Crippen MR) is 128 cm³/mol. The number of amides is 3. The molecule has 0 aromatic heterocycles. The van der Waals surface area contributed by atoms with Crippen LogP contribution in [0, 0.1) is 0 Å². The first-order valence-electron chi connectivity index (χ1n) is 11.0. The van der Waals surface area contributed by atoms with E-state index in [-0.39, 0.29) is 11.9 Å². The van der Waals surface area contributed by atoms with E-state index in [9.17, 15) is 9.59 Å². The number of carbonyl (C=O) groups excluding carboxylic acids is 2. The number of hydrogen-bond donors (Lipinski definition) is 2. The monoisotopic (exact) mass is 428 g/mol. The minimum Gasteiger partial charge on any atom is -0.323 e. The maximum Gasteiger partial charge on any atom is 0.321 e. The van der Waals surface area contributed by atoms with Gasteiger partial charge in [0.1, 0.15) is 0 Å². The molecule has 164 valence electrons. The lowest BCUT2D eigenvalue weighted by molar-refractivity contribution is 0.102. The molecule has 0 bridgehead atoms. The number of benzene rings is 3. The molecule has 1 saturated heterocycles. The van der Waals surface area contributed by atoms with Crippen LogP contribution in [-0.2, 0) is 6.54 Å². The number of hydrogen-bond acceptors (Lipinski definition) is 3. The summed E-state index contributed by atoms with van der Waals surface area (Å²) in [6, 6.07) is 26.6. The topological polar surface area (TPSA) is 64.7 Å². The number of rotatable bonds is 5. The molecular formula is C26H28N4O2. The third-order valence-corrected chi connectivity index (χ3v) is 5.55. The summed E-state index contributed by atoms with van der Waals surface area (Å²) in [6.07, 6.45) is 0.943. The van der Waals surface area contributed by atoms with Crippen LogP contribution in [0.4, 0.5) is 16.2 Å². The van der Waals surface area contributed by atoms with Crippen molar-refractivity contribution in [3.05, 3.63) is 96.1 Å². The number of anilines is 2. The van der Waals surface area contributed by atoms with Gasteiger partial charge in [0.25, 0.3) is 5.91 Å². The third-order valence-electron chi connectivity index (χ3n) is 5.55. The molecule has 3 amide bonds. The second kappa shape index (κ2) is 10.6. The van der Waals surface area contributed by atoms with Gasteiger partial charge in [-0.2, -0.15) is 0 Å². The number of urea groups is 1. The fraction of sp³-hybridized carbons (Fsp3) is 0.231. The van der Waals surface area contributed by atoms with Crippen molar-refractivity contribution < 1.29 is 9.59 Å². The highest BCUT2D eigenvalue weighted by atomic mass is 16.2. The maximum absolute atomic E-state index is 12.8. The molecular weight excluding hydrogens is 400 g/mol. The van der Waals surface area contributed by atoms with Crippen LogP contribution >= 0.6 is 0 Å². The Morgan fingerprint density at radius 2 is 1.34 bits per heavy atom. The van der Waals surface area contributed by atoms with E-state index in [1.165, 1.54) is 5.56 Å². The fourth-order valence-electron chi connectivity index (χ4n) is 3.81. The molecule has 1 fully saturated rings. The van der Waals surface area contributed by atoms with Gasteiger partial charge in [0.05, 0.1) is 0 Å². The van der Waals surface area contributed by atoms with Gasteiger partial charge < -0.3 is 15.5 Å². The van der Waals surface area contributed by atoms with Gasteiger partial charge in [-0.05, 0) is 48.4 Å². The van der Waals surface area contributed by atoms with E-state index in [0.29, 0.717) is 17.8 Å². The second-order valence-corrected chi connectivity index (χ2v) is 7.93. The molecule has 0 radical (unpaired) electrons. The smallest absolute Gasteiger partial charge is 0.321 e. The van der Waals surface area contributed by atoms with Gasteiger partial charge in [-0.15, -0.1) is 0 Å². The van der Waals surface area contributed by atoms with Crippen LogP contribution < -0.4 is 10.6 Å². The zero-order valence-electron chi connectivity index (χ0n) is 18.0. The maximum atomic E-state index is 12.8. The van der Waals surface area contributed by atoms with Crippen molar-refractivity contribution >= 4 is 23.3 Å². The first-order chi connectivity index (χ1) is 15.7. The van der Waals surface area contributed by atoms with Crippen molar-refractivity contribution in [3.8, 4) is 0 Å². The van der Waals surface area contributed by atoms with Gasteiger partial charge in [0, 0.05) is 49.7 Å². The molecule has 0 saturated carbocycles. The Balaban J connectivity index is 1.28. The zero-order chi connectivity index (χ0) is 22.2. The highest BCUT2D eigenvalue weighted by molar-refractivity contribution is 6.04. The van der Waals surface area contributed by atoms with E-state index in [0.717, 1.165) is 38.3 Å². The third kappa shape index (κ3) is 5.95. The summed E-state index contributed by atoms with van der Waals surface area (Å²) >= 11 is 0. The fourth-order valence-corrected chi connectivity index (χ4v) is 3.81. The first-order valence-corrected chi connectivity index (χ1v) is 11.0. The van der Waals surface area contributed by atoms with Crippen molar-refractivity contribution in [2.75, 3.05) is 36.8 Å². The molecule has 1 heterocycles. The number of nitrogens with one attached hydrogen (secondary N) is 2. The Morgan fingerprint density at radius 1 is 0.688 bits per heavy atom. The van der Waals surface area contributed by atoms with Crippen LogP contribution in [0.1, 0.15) is 22.3 Å². The highest BCUT2D eigenvalue weighted by Gasteiger charge is 2.19. The van der Waals surface area contributed by atoms with E-state index in [4.69, 9.17) is 0 Å². The number of para-hydroxylation sites is 1. The Kier molecular flexibility index (Phi) is 7.15. The normalized spacial score (nSPS) is 14.4. The summed E-state index contributed by atoms with van der Waals surface area (Å²) in [7, 11) is 0. The number of carbonyl (C=O) groups is 2. The van der Waals surface area contributed by atoms with Gasteiger partial charge in [0.2, 0.25) is 0 Å². The van der Waals surface area contributed by atoms with Crippen LogP contribution in [-0.4, -0.2) is 47.9 Å². The first kappa shape index (κ1) is 21.6. The van der Waals surface area contributed by atoms with E-state index < -0.39 is 0 Å². The van der Waals surface area contributed by atoms with Gasteiger partial charge in [-0.1, -0.05) is 48.5 Å². The highest BCUT2D eigenvalue weighted by Crippen LogP contribution is 2.14. The van der Waals surface area contributed by atoms with Crippen LogP contribution in [0.15, 0.2) is 84.9 Å². The Labute approximate surface area is 188 Å². The largest absolute Gasteiger partial charge is 0.323 e. The molecule has 1 aliphatic rings. The molecule has 0 spiro atoms. The minimum atomic E-state index is -0.180. The van der Waals surface area contributed by atoms with Gasteiger partial charge in [-0.25, -0.2) is 4.79 Å². The summed E-state index contributed by atoms with van der Waals surface area (Å²) < 4.78 is 0.